The number of amides is 1. The lowest BCUT2D eigenvalue weighted by atomic mass is 10.1. The number of carbonyl (C=O) groups is 1. The number of nitrogens with one attached hydrogen (secondary N) is 1. The van der Waals surface area contributed by atoms with Gasteiger partial charge < -0.3 is 9.84 Å². The molecule has 2 aromatic carbocycles. The van der Waals surface area contributed by atoms with Gasteiger partial charge in [0, 0.05) is 47.9 Å². The molecule has 1 amide bonds. The molecule has 32 heavy (non-hydrogen) atoms. The third kappa shape index (κ3) is 4.04. The van der Waals surface area contributed by atoms with E-state index in [1.807, 2.05) is 71.5 Å². The van der Waals surface area contributed by atoms with E-state index < -0.39 is 0 Å². The zero-order valence-corrected chi connectivity index (χ0v) is 17.1. The van der Waals surface area contributed by atoms with E-state index in [-0.39, 0.29) is 11.6 Å². The van der Waals surface area contributed by atoms with Crippen molar-refractivity contribution < 1.29 is 9.32 Å². The number of rotatable bonds is 6. The zero-order chi connectivity index (χ0) is 21.8. The number of hydrogen-bond donors (Lipinski definition) is 1. The van der Waals surface area contributed by atoms with Crippen molar-refractivity contribution in [2.24, 2.45) is 0 Å². The molecular formula is C25H19N5O2. The van der Waals surface area contributed by atoms with E-state index in [1.165, 1.54) is 0 Å². The minimum atomic E-state index is -0.319. The third-order valence-electron chi connectivity index (χ3n) is 5.01. The van der Waals surface area contributed by atoms with Gasteiger partial charge in [-0.1, -0.05) is 53.7 Å². The Morgan fingerprint density at radius 3 is 2.38 bits per heavy atom. The largest absolute Gasteiger partial charge is 0.355 e. The number of para-hydroxylation sites is 1. The van der Waals surface area contributed by atoms with Crippen molar-refractivity contribution in [3.8, 4) is 28.3 Å². The molecule has 156 valence electrons. The number of benzene rings is 2. The van der Waals surface area contributed by atoms with Gasteiger partial charge in [-0.25, -0.2) is 4.68 Å². The van der Waals surface area contributed by atoms with Crippen LogP contribution >= 0.6 is 0 Å². The van der Waals surface area contributed by atoms with E-state index in [2.05, 4.69) is 15.5 Å². The van der Waals surface area contributed by atoms with Crippen LogP contribution in [0, 0.1) is 0 Å². The molecule has 0 atom stereocenters. The van der Waals surface area contributed by atoms with Gasteiger partial charge in [0.1, 0.15) is 0 Å². The summed E-state index contributed by atoms with van der Waals surface area (Å²) in [6, 6.07) is 25.0. The first kappa shape index (κ1) is 19.4. The van der Waals surface area contributed by atoms with Gasteiger partial charge in [-0.3, -0.25) is 9.78 Å². The second-order valence-corrected chi connectivity index (χ2v) is 7.14. The highest BCUT2D eigenvalue weighted by atomic mass is 16.5. The Morgan fingerprint density at radius 2 is 1.62 bits per heavy atom. The molecule has 0 saturated heterocycles. The molecule has 5 rings (SSSR count). The summed E-state index contributed by atoms with van der Waals surface area (Å²) in [5.41, 5.74) is 4.66. The predicted octanol–water partition coefficient (Wildman–Crippen LogP) is 4.52. The van der Waals surface area contributed by atoms with E-state index in [1.54, 1.807) is 30.6 Å². The normalized spacial score (nSPS) is 10.8. The highest BCUT2D eigenvalue weighted by Crippen LogP contribution is 2.24. The lowest BCUT2D eigenvalue weighted by Crippen LogP contribution is -2.23. The molecule has 0 bridgehead atoms. The van der Waals surface area contributed by atoms with Gasteiger partial charge in [-0.15, -0.1) is 0 Å². The summed E-state index contributed by atoms with van der Waals surface area (Å²) in [4.78, 5) is 16.7. The summed E-state index contributed by atoms with van der Waals surface area (Å²) >= 11 is 0. The first-order chi connectivity index (χ1) is 15.8. The van der Waals surface area contributed by atoms with E-state index in [4.69, 9.17) is 9.62 Å². The Labute approximate surface area is 184 Å². The number of carbonyl (C=O) groups excluding carboxylic acids is 1. The summed E-state index contributed by atoms with van der Waals surface area (Å²) in [7, 11) is 0. The highest BCUT2D eigenvalue weighted by Gasteiger charge is 2.16. The van der Waals surface area contributed by atoms with Crippen LogP contribution < -0.4 is 5.32 Å². The Morgan fingerprint density at radius 1 is 0.906 bits per heavy atom. The van der Waals surface area contributed by atoms with E-state index >= 15 is 0 Å². The van der Waals surface area contributed by atoms with Crippen molar-refractivity contribution in [1.29, 1.82) is 0 Å². The summed E-state index contributed by atoms with van der Waals surface area (Å²) in [6.45, 7) is 0.299. The minimum absolute atomic E-state index is 0.216. The topological polar surface area (TPSA) is 85.8 Å². The molecule has 7 heteroatoms. The molecule has 3 aromatic heterocycles. The molecule has 1 N–H and O–H groups in total. The Hall–Kier alpha value is -4.52. The summed E-state index contributed by atoms with van der Waals surface area (Å²) in [6.07, 6.45) is 5.25. The van der Waals surface area contributed by atoms with Crippen LogP contribution in [-0.2, 0) is 6.54 Å². The van der Waals surface area contributed by atoms with Crippen LogP contribution in [0.5, 0.6) is 0 Å². The number of pyridine rings is 1. The van der Waals surface area contributed by atoms with Gasteiger partial charge in [-0.05, 0) is 24.3 Å². The standard InChI is InChI=1S/C25H19N5O2/c31-25(22-15-23(32-29-22)18-11-13-26-14-12-18)27-16-20-17-30(21-9-5-2-6-10-21)28-24(20)19-7-3-1-4-8-19/h1-15,17H,16H2,(H,27,31). The number of hydrogen-bond acceptors (Lipinski definition) is 5. The lowest BCUT2D eigenvalue weighted by molar-refractivity contribution is 0.0942. The van der Waals surface area contributed by atoms with Crippen molar-refractivity contribution in [3.05, 3.63) is 109 Å². The smallest absolute Gasteiger partial charge is 0.273 e. The average molecular weight is 421 g/mol. The van der Waals surface area contributed by atoms with Gasteiger partial charge in [0.05, 0.1) is 11.4 Å². The first-order valence-electron chi connectivity index (χ1n) is 10.1. The zero-order valence-electron chi connectivity index (χ0n) is 17.1. The van der Waals surface area contributed by atoms with Crippen molar-refractivity contribution in [1.82, 2.24) is 25.2 Å². The Bertz CT molecular complexity index is 1330. The van der Waals surface area contributed by atoms with Crippen LogP contribution in [0.3, 0.4) is 0 Å². The van der Waals surface area contributed by atoms with Gasteiger partial charge in [0.25, 0.3) is 5.91 Å². The second kappa shape index (κ2) is 8.69. The highest BCUT2D eigenvalue weighted by molar-refractivity contribution is 5.93. The fraction of sp³-hybridized carbons (Fsp3) is 0.0400. The van der Waals surface area contributed by atoms with Crippen LogP contribution in [0.2, 0.25) is 0 Å². The molecule has 0 aliphatic carbocycles. The van der Waals surface area contributed by atoms with Gasteiger partial charge in [0.15, 0.2) is 11.5 Å². The Kier molecular flexibility index (Phi) is 5.28. The molecule has 0 saturated carbocycles. The molecule has 0 unspecified atom stereocenters. The molecule has 0 spiro atoms. The van der Waals surface area contributed by atoms with Crippen molar-refractivity contribution >= 4 is 5.91 Å². The van der Waals surface area contributed by atoms with Crippen LogP contribution in [0.25, 0.3) is 28.3 Å². The maximum atomic E-state index is 12.7. The monoisotopic (exact) mass is 421 g/mol. The fourth-order valence-corrected chi connectivity index (χ4v) is 3.39. The van der Waals surface area contributed by atoms with Crippen molar-refractivity contribution in [2.45, 2.75) is 6.54 Å². The van der Waals surface area contributed by atoms with Crippen LogP contribution in [0.4, 0.5) is 0 Å². The third-order valence-corrected chi connectivity index (χ3v) is 5.01. The number of nitrogens with zero attached hydrogens (tertiary/aromatic N) is 4. The number of aromatic nitrogens is 4. The minimum Gasteiger partial charge on any atom is -0.355 e. The molecule has 5 aromatic rings. The Balaban J connectivity index is 1.38. The van der Waals surface area contributed by atoms with E-state index in [0.717, 1.165) is 28.1 Å². The molecule has 0 aliphatic rings. The molecule has 0 radical (unpaired) electrons. The first-order valence-corrected chi connectivity index (χ1v) is 10.1. The van der Waals surface area contributed by atoms with E-state index in [9.17, 15) is 4.79 Å². The van der Waals surface area contributed by atoms with Gasteiger partial charge in [0.2, 0.25) is 0 Å². The maximum absolute atomic E-state index is 12.7. The summed E-state index contributed by atoms with van der Waals surface area (Å²) in [5.74, 6) is 0.194. The van der Waals surface area contributed by atoms with Gasteiger partial charge in [-0.2, -0.15) is 5.10 Å². The average Bonchev–Trinajstić information content (AvgIpc) is 3.52. The molecule has 0 fully saturated rings. The van der Waals surface area contributed by atoms with Gasteiger partial charge >= 0.3 is 0 Å². The summed E-state index contributed by atoms with van der Waals surface area (Å²) in [5, 5.41) is 11.6. The van der Waals surface area contributed by atoms with Crippen LogP contribution in [0.1, 0.15) is 16.1 Å². The van der Waals surface area contributed by atoms with E-state index in [0.29, 0.717) is 12.3 Å². The second-order valence-electron chi connectivity index (χ2n) is 7.14. The molecule has 7 nitrogen and oxygen atoms in total. The molecule has 3 heterocycles. The molecule has 0 aliphatic heterocycles. The predicted molar refractivity (Wildman–Crippen MR) is 120 cm³/mol. The SMILES string of the molecule is O=C(NCc1cn(-c2ccccc2)nc1-c1ccccc1)c1cc(-c2ccncc2)on1. The van der Waals surface area contributed by atoms with Crippen LogP contribution in [-0.4, -0.2) is 25.8 Å². The fourth-order valence-electron chi connectivity index (χ4n) is 3.39. The lowest BCUT2D eigenvalue weighted by Gasteiger charge is -2.03. The van der Waals surface area contributed by atoms with Crippen LogP contribution in [0.15, 0.2) is 102 Å². The molecular weight excluding hydrogens is 402 g/mol. The van der Waals surface area contributed by atoms with Crippen molar-refractivity contribution in [3.63, 3.8) is 0 Å². The van der Waals surface area contributed by atoms with Crippen molar-refractivity contribution in [2.75, 3.05) is 0 Å². The quantitative estimate of drug-likeness (QED) is 0.436. The summed E-state index contributed by atoms with van der Waals surface area (Å²) < 4.78 is 7.14. The maximum Gasteiger partial charge on any atom is 0.273 e.